The minimum Gasteiger partial charge on any atom is -0.507 e. The third kappa shape index (κ3) is 4.45. The van der Waals surface area contributed by atoms with Gasteiger partial charge in [-0.3, -0.25) is 14.5 Å². The molecular formula is C29H26N2O6S. The lowest BCUT2D eigenvalue weighted by Crippen LogP contribution is -2.29. The Hall–Kier alpha value is -4.37. The Morgan fingerprint density at radius 1 is 1.00 bits per heavy atom. The van der Waals surface area contributed by atoms with E-state index >= 15 is 0 Å². The Kier molecular flexibility index (Phi) is 7.02. The van der Waals surface area contributed by atoms with Crippen molar-refractivity contribution < 1.29 is 28.9 Å². The maximum Gasteiger partial charge on any atom is 0.301 e. The first-order chi connectivity index (χ1) is 18.5. The van der Waals surface area contributed by atoms with Gasteiger partial charge < -0.3 is 19.3 Å². The predicted molar refractivity (Wildman–Crippen MR) is 146 cm³/mol. The first-order valence-corrected chi connectivity index (χ1v) is 12.9. The van der Waals surface area contributed by atoms with E-state index in [0.717, 1.165) is 17.2 Å². The number of carbonyl (C=O) groups is 2. The number of anilines is 1. The van der Waals surface area contributed by atoms with E-state index in [1.54, 1.807) is 49.0 Å². The van der Waals surface area contributed by atoms with E-state index in [4.69, 9.17) is 14.2 Å². The molecule has 4 aromatic rings. The van der Waals surface area contributed by atoms with Gasteiger partial charge in [-0.2, -0.15) is 0 Å². The number of thiazole rings is 1. The summed E-state index contributed by atoms with van der Waals surface area (Å²) in [7, 11) is 3.13. The number of fused-ring (bicyclic) bond motifs is 1. The van der Waals surface area contributed by atoms with E-state index in [-0.39, 0.29) is 11.3 Å². The molecule has 0 aliphatic carbocycles. The Balaban J connectivity index is 1.67. The molecule has 1 aromatic heterocycles. The lowest BCUT2D eigenvalue weighted by atomic mass is 9.94. The van der Waals surface area contributed by atoms with Gasteiger partial charge in [0.15, 0.2) is 16.6 Å². The fourth-order valence-electron chi connectivity index (χ4n) is 4.52. The quantitative estimate of drug-likeness (QED) is 0.177. The average molecular weight is 531 g/mol. The maximum absolute atomic E-state index is 13.4. The number of hydrogen-bond acceptors (Lipinski definition) is 8. The molecule has 9 heteroatoms. The van der Waals surface area contributed by atoms with E-state index < -0.39 is 17.7 Å². The number of aliphatic hydroxyl groups is 1. The number of rotatable bonds is 8. The predicted octanol–water partition coefficient (Wildman–Crippen LogP) is 5.73. The fraction of sp³-hybridized carbons (Fsp3) is 0.207. The van der Waals surface area contributed by atoms with Crippen molar-refractivity contribution >= 4 is 44.7 Å². The van der Waals surface area contributed by atoms with Crippen molar-refractivity contribution in [1.29, 1.82) is 0 Å². The molecule has 38 heavy (non-hydrogen) atoms. The van der Waals surface area contributed by atoms with E-state index in [2.05, 4.69) is 4.98 Å². The lowest BCUT2D eigenvalue weighted by Gasteiger charge is -2.24. The van der Waals surface area contributed by atoms with Crippen molar-refractivity contribution in [3.05, 3.63) is 82.9 Å². The van der Waals surface area contributed by atoms with Gasteiger partial charge >= 0.3 is 5.91 Å². The minimum atomic E-state index is -0.915. The summed E-state index contributed by atoms with van der Waals surface area (Å²) in [6.07, 6.45) is 2.39. The second-order valence-corrected chi connectivity index (χ2v) is 9.54. The molecule has 1 amide bonds. The molecule has 3 aromatic carbocycles. The van der Waals surface area contributed by atoms with Crippen LogP contribution in [0.2, 0.25) is 0 Å². The Labute approximate surface area is 223 Å². The van der Waals surface area contributed by atoms with Crippen molar-refractivity contribution in [2.24, 2.45) is 0 Å². The molecule has 8 nitrogen and oxygen atoms in total. The van der Waals surface area contributed by atoms with E-state index in [1.165, 1.54) is 23.3 Å². The summed E-state index contributed by atoms with van der Waals surface area (Å²) in [6, 6.07) is 15.2. The van der Waals surface area contributed by atoms with Crippen LogP contribution in [-0.2, 0) is 9.59 Å². The second kappa shape index (κ2) is 10.5. The third-order valence-electron chi connectivity index (χ3n) is 6.36. The number of nitrogens with zero attached hydrogens (tertiary/aromatic N) is 2. The zero-order valence-electron chi connectivity index (χ0n) is 21.1. The maximum atomic E-state index is 13.4. The van der Waals surface area contributed by atoms with Crippen molar-refractivity contribution in [2.45, 2.75) is 19.4 Å². The summed E-state index contributed by atoms with van der Waals surface area (Å²) >= 11 is 1.23. The summed E-state index contributed by atoms with van der Waals surface area (Å²) < 4.78 is 16.6. The van der Waals surface area contributed by atoms with Crippen LogP contribution in [0.1, 0.15) is 30.5 Å². The van der Waals surface area contributed by atoms with Crippen LogP contribution in [0, 0.1) is 0 Å². The summed E-state index contributed by atoms with van der Waals surface area (Å²) in [4.78, 5) is 32.3. The first-order valence-electron chi connectivity index (χ1n) is 12.1. The standard InChI is InChI=1S/C29H26N2O6S/c1-4-12-37-22-10-8-19(16-23(22)36-3)25-24(27(33)28(34)31(25)29-30-11-13-38-29)26(32)20-6-5-18-15-21(35-2)9-7-17(18)14-20/h5-11,13-16,25,32H,4,12H2,1-3H3/b26-24+. The SMILES string of the molecule is CCCOc1ccc(C2/C(=C(\O)c3ccc4cc(OC)ccc4c3)C(=O)C(=O)N2c2nccs2)cc1OC. The number of methoxy groups -OCH3 is 2. The highest BCUT2D eigenvalue weighted by atomic mass is 32.1. The van der Waals surface area contributed by atoms with Gasteiger partial charge in [0.1, 0.15) is 11.5 Å². The molecular weight excluding hydrogens is 504 g/mol. The highest BCUT2D eigenvalue weighted by Crippen LogP contribution is 2.44. The molecule has 1 unspecified atom stereocenters. The molecule has 0 spiro atoms. The lowest BCUT2D eigenvalue weighted by molar-refractivity contribution is -0.132. The second-order valence-electron chi connectivity index (χ2n) is 8.67. The number of ketones is 1. The van der Waals surface area contributed by atoms with Gasteiger partial charge in [0.25, 0.3) is 5.78 Å². The van der Waals surface area contributed by atoms with Crippen molar-refractivity contribution in [1.82, 2.24) is 4.98 Å². The van der Waals surface area contributed by atoms with Crippen LogP contribution >= 0.6 is 11.3 Å². The highest BCUT2D eigenvalue weighted by molar-refractivity contribution is 7.14. The number of amides is 1. The normalized spacial score (nSPS) is 16.7. The van der Waals surface area contributed by atoms with Crippen LogP contribution in [0.5, 0.6) is 17.2 Å². The van der Waals surface area contributed by atoms with Crippen LogP contribution in [-0.4, -0.2) is 42.6 Å². The van der Waals surface area contributed by atoms with Gasteiger partial charge in [-0.05, 0) is 53.1 Å². The van der Waals surface area contributed by atoms with Crippen LogP contribution in [0.15, 0.2) is 71.7 Å². The van der Waals surface area contributed by atoms with Gasteiger partial charge in [-0.15, -0.1) is 11.3 Å². The van der Waals surface area contributed by atoms with Crippen molar-refractivity contribution in [3.63, 3.8) is 0 Å². The van der Waals surface area contributed by atoms with Gasteiger partial charge in [0.2, 0.25) is 0 Å². The Morgan fingerprint density at radius 2 is 1.79 bits per heavy atom. The number of benzene rings is 3. The molecule has 1 saturated heterocycles. The summed E-state index contributed by atoms with van der Waals surface area (Å²) in [5.41, 5.74) is 0.967. The zero-order valence-corrected chi connectivity index (χ0v) is 22.0. The molecule has 2 heterocycles. The number of ether oxygens (including phenoxy) is 3. The van der Waals surface area contributed by atoms with Crippen LogP contribution in [0.3, 0.4) is 0 Å². The van der Waals surface area contributed by atoms with Crippen LogP contribution < -0.4 is 19.1 Å². The van der Waals surface area contributed by atoms with Gasteiger partial charge in [-0.1, -0.05) is 31.2 Å². The molecule has 5 rings (SSSR count). The van der Waals surface area contributed by atoms with Gasteiger partial charge in [-0.25, -0.2) is 4.98 Å². The Morgan fingerprint density at radius 3 is 2.50 bits per heavy atom. The van der Waals surface area contributed by atoms with E-state index in [9.17, 15) is 14.7 Å². The number of hydrogen-bond donors (Lipinski definition) is 1. The number of aromatic nitrogens is 1. The van der Waals surface area contributed by atoms with Crippen molar-refractivity contribution in [3.8, 4) is 17.2 Å². The molecule has 0 radical (unpaired) electrons. The fourth-order valence-corrected chi connectivity index (χ4v) is 5.19. The van der Waals surface area contributed by atoms with Crippen molar-refractivity contribution in [2.75, 3.05) is 25.7 Å². The first kappa shape index (κ1) is 25.3. The van der Waals surface area contributed by atoms with Gasteiger partial charge in [0.05, 0.1) is 32.4 Å². The minimum absolute atomic E-state index is 0.0256. The number of Topliss-reactive ketones (excluding diaryl/α,β-unsaturated/α-hetero) is 1. The molecule has 194 valence electrons. The molecule has 0 saturated carbocycles. The molecule has 1 N–H and O–H groups in total. The third-order valence-corrected chi connectivity index (χ3v) is 7.13. The summed E-state index contributed by atoms with van der Waals surface area (Å²) in [5, 5.41) is 15.3. The monoisotopic (exact) mass is 530 g/mol. The molecule has 1 aliphatic heterocycles. The van der Waals surface area contributed by atoms with Crippen LogP contribution in [0.25, 0.3) is 16.5 Å². The summed E-state index contributed by atoms with van der Waals surface area (Å²) in [5.74, 6) is -0.0982. The average Bonchev–Trinajstić information content (AvgIpc) is 3.57. The van der Waals surface area contributed by atoms with E-state index in [0.29, 0.717) is 40.1 Å². The highest BCUT2D eigenvalue weighted by Gasteiger charge is 2.48. The number of carbonyl (C=O) groups excluding carboxylic acids is 2. The van der Waals surface area contributed by atoms with E-state index in [1.807, 2.05) is 31.2 Å². The smallest absolute Gasteiger partial charge is 0.301 e. The Bertz CT molecular complexity index is 1550. The summed E-state index contributed by atoms with van der Waals surface area (Å²) in [6.45, 7) is 2.52. The molecule has 1 fully saturated rings. The molecule has 0 bridgehead atoms. The van der Waals surface area contributed by atoms with Crippen LogP contribution in [0.4, 0.5) is 5.13 Å². The topological polar surface area (TPSA) is 98.2 Å². The molecule has 1 aliphatic rings. The zero-order chi connectivity index (χ0) is 26.8. The molecule has 1 atom stereocenters. The largest absolute Gasteiger partial charge is 0.507 e. The number of aliphatic hydroxyl groups excluding tert-OH is 1. The van der Waals surface area contributed by atoms with Gasteiger partial charge in [0, 0.05) is 17.1 Å².